The van der Waals surface area contributed by atoms with Crippen molar-refractivity contribution in [1.82, 2.24) is 15.5 Å². The number of hydrogen-bond donors (Lipinski definition) is 2. The SMILES string of the molecule is C=C(F)C(C)C(C)NC(=O)c1ccc(C2=CCN(C(=NC(=O)OC(C)(C)C)NC(=O)OC(C)(C)C)CC2)c(F)c1. The number of rotatable bonds is 5. The molecule has 0 fully saturated rings. The number of benzene rings is 1. The molecule has 0 spiro atoms. The molecule has 3 amide bonds. The molecule has 0 saturated carbocycles. The van der Waals surface area contributed by atoms with E-state index in [9.17, 15) is 18.8 Å². The average molecular weight is 563 g/mol. The minimum absolute atomic E-state index is 0.0504. The number of alkyl carbamates (subject to hydrolysis) is 1. The zero-order chi connectivity index (χ0) is 30.4. The number of amides is 3. The number of ether oxygens (including phenoxy) is 2. The van der Waals surface area contributed by atoms with Gasteiger partial charge in [0.2, 0.25) is 5.96 Å². The zero-order valence-electron chi connectivity index (χ0n) is 24.5. The first kappa shape index (κ1) is 32.5. The predicted molar refractivity (Wildman–Crippen MR) is 150 cm³/mol. The van der Waals surface area contributed by atoms with E-state index in [0.29, 0.717) is 24.1 Å². The number of carbonyl (C=O) groups excluding carboxylic acids is 3. The quantitative estimate of drug-likeness (QED) is 0.338. The van der Waals surface area contributed by atoms with Gasteiger partial charge in [0, 0.05) is 36.2 Å². The monoisotopic (exact) mass is 562 g/mol. The molecular weight excluding hydrogens is 522 g/mol. The summed E-state index contributed by atoms with van der Waals surface area (Å²) in [5.41, 5.74) is -0.443. The fourth-order valence-corrected chi connectivity index (χ4v) is 3.65. The molecule has 1 aliphatic heterocycles. The summed E-state index contributed by atoms with van der Waals surface area (Å²) in [6.07, 6.45) is 0.440. The Morgan fingerprint density at radius 1 is 1.07 bits per heavy atom. The van der Waals surface area contributed by atoms with Gasteiger partial charge in [-0.15, -0.1) is 4.99 Å². The average Bonchev–Trinajstić information content (AvgIpc) is 2.80. The Morgan fingerprint density at radius 3 is 2.20 bits per heavy atom. The fraction of sp³-hybridized carbons (Fsp3) is 0.517. The van der Waals surface area contributed by atoms with Crippen LogP contribution in [0.2, 0.25) is 0 Å². The number of nitrogens with zero attached hydrogens (tertiary/aromatic N) is 2. The molecule has 9 nitrogen and oxygen atoms in total. The van der Waals surface area contributed by atoms with Gasteiger partial charge in [-0.2, -0.15) is 0 Å². The second-order valence-corrected chi connectivity index (χ2v) is 11.7. The summed E-state index contributed by atoms with van der Waals surface area (Å²) in [7, 11) is 0. The number of halogens is 2. The molecule has 11 heteroatoms. The van der Waals surface area contributed by atoms with Crippen LogP contribution in [0.3, 0.4) is 0 Å². The Balaban J connectivity index is 2.21. The Kier molecular flexibility index (Phi) is 10.6. The third-order valence-corrected chi connectivity index (χ3v) is 5.89. The molecule has 0 saturated heterocycles. The Bertz CT molecular complexity index is 1200. The first-order valence-electron chi connectivity index (χ1n) is 13.1. The molecule has 0 radical (unpaired) electrons. The summed E-state index contributed by atoms with van der Waals surface area (Å²) in [4.78, 5) is 42.9. The molecule has 1 heterocycles. The lowest BCUT2D eigenvalue weighted by Crippen LogP contribution is -2.48. The van der Waals surface area contributed by atoms with Crippen LogP contribution in [0.1, 0.15) is 77.7 Å². The molecule has 1 aromatic rings. The molecule has 2 unspecified atom stereocenters. The highest BCUT2D eigenvalue weighted by Gasteiger charge is 2.26. The molecule has 0 aliphatic carbocycles. The highest BCUT2D eigenvalue weighted by molar-refractivity contribution is 5.99. The van der Waals surface area contributed by atoms with Crippen LogP contribution in [0.25, 0.3) is 5.57 Å². The van der Waals surface area contributed by atoms with Gasteiger partial charge < -0.3 is 19.7 Å². The Hall–Kier alpha value is -3.76. The van der Waals surface area contributed by atoms with Gasteiger partial charge in [0.25, 0.3) is 5.91 Å². The van der Waals surface area contributed by atoms with Gasteiger partial charge in [0.1, 0.15) is 17.0 Å². The van der Waals surface area contributed by atoms with Crippen molar-refractivity contribution in [3.8, 4) is 0 Å². The highest BCUT2D eigenvalue weighted by Crippen LogP contribution is 2.26. The minimum Gasteiger partial charge on any atom is -0.444 e. The van der Waals surface area contributed by atoms with Gasteiger partial charge in [-0.3, -0.25) is 10.1 Å². The van der Waals surface area contributed by atoms with E-state index in [1.807, 2.05) is 0 Å². The molecule has 0 aromatic heterocycles. The first-order valence-corrected chi connectivity index (χ1v) is 13.1. The lowest BCUT2D eigenvalue weighted by Gasteiger charge is -2.30. The van der Waals surface area contributed by atoms with E-state index < -0.39 is 52.9 Å². The number of aliphatic imine (C=N–C) groups is 1. The summed E-state index contributed by atoms with van der Waals surface area (Å²) in [5, 5.41) is 5.17. The van der Waals surface area contributed by atoms with Crippen molar-refractivity contribution >= 4 is 29.6 Å². The molecular formula is C29H40F2N4O5. The van der Waals surface area contributed by atoms with Crippen molar-refractivity contribution in [2.75, 3.05) is 13.1 Å². The van der Waals surface area contributed by atoms with Crippen LogP contribution >= 0.6 is 0 Å². The maximum atomic E-state index is 15.1. The minimum atomic E-state index is -0.882. The smallest absolute Gasteiger partial charge is 0.437 e. The second-order valence-electron chi connectivity index (χ2n) is 11.7. The van der Waals surface area contributed by atoms with Crippen LogP contribution in [-0.2, 0) is 9.47 Å². The maximum absolute atomic E-state index is 15.1. The fourth-order valence-electron chi connectivity index (χ4n) is 3.65. The molecule has 1 aliphatic rings. The first-order chi connectivity index (χ1) is 18.4. The van der Waals surface area contributed by atoms with Crippen LogP contribution < -0.4 is 10.6 Å². The van der Waals surface area contributed by atoms with Crippen LogP contribution in [0.15, 0.2) is 41.7 Å². The van der Waals surface area contributed by atoms with E-state index in [4.69, 9.17) is 9.47 Å². The molecule has 2 rings (SSSR count). The largest absolute Gasteiger partial charge is 0.444 e. The lowest BCUT2D eigenvalue weighted by molar-refractivity contribution is 0.0554. The van der Waals surface area contributed by atoms with E-state index in [-0.39, 0.29) is 18.1 Å². The van der Waals surface area contributed by atoms with E-state index in [2.05, 4.69) is 22.2 Å². The van der Waals surface area contributed by atoms with Crippen molar-refractivity contribution < 1.29 is 32.6 Å². The summed E-state index contributed by atoms with van der Waals surface area (Å²) in [6.45, 7) is 17.2. The topological polar surface area (TPSA) is 109 Å². The summed E-state index contributed by atoms with van der Waals surface area (Å²) < 4.78 is 39.0. The van der Waals surface area contributed by atoms with E-state index in [1.54, 1.807) is 66.4 Å². The van der Waals surface area contributed by atoms with Crippen molar-refractivity contribution in [3.05, 3.63) is 53.6 Å². The van der Waals surface area contributed by atoms with E-state index in [1.165, 1.54) is 12.1 Å². The van der Waals surface area contributed by atoms with Crippen molar-refractivity contribution in [2.45, 2.75) is 79.1 Å². The summed E-state index contributed by atoms with van der Waals surface area (Å²) in [6, 6.07) is 3.63. The molecule has 40 heavy (non-hydrogen) atoms. The van der Waals surface area contributed by atoms with Gasteiger partial charge in [0.15, 0.2) is 0 Å². The standard InChI is InChI=1S/C29H40F2N4O5/c1-17(18(2)30)19(3)32-24(36)21-10-11-22(23(31)16-21)20-12-14-35(15-13-20)25(33-26(37)39-28(4,5)6)34-27(38)40-29(7,8)9/h10-12,16-17,19H,2,13-15H2,1,3-9H3,(H,32,36)(H,33,34,37,38). The zero-order valence-corrected chi connectivity index (χ0v) is 24.5. The van der Waals surface area contributed by atoms with Gasteiger partial charge in [-0.05, 0) is 72.6 Å². The van der Waals surface area contributed by atoms with Gasteiger partial charge in [-0.1, -0.05) is 25.6 Å². The maximum Gasteiger partial charge on any atom is 0.437 e. The van der Waals surface area contributed by atoms with Crippen LogP contribution in [0.5, 0.6) is 0 Å². The van der Waals surface area contributed by atoms with E-state index >= 15 is 4.39 Å². The number of hydrogen-bond acceptors (Lipinski definition) is 5. The van der Waals surface area contributed by atoms with Crippen molar-refractivity contribution in [2.24, 2.45) is 10.9 Å². The van der Waals surface area contributed by atoms with Gasteiger partial charge in [0.05, 0.1) is 5.83 Å². The van der Waals surface area contributed by atoms with Crippen LogP contribution in [0.4, 0.5) is 18.4 Å². The van der Waals surface area contributed by atoms with Crippen molar-refractivity contribution in [3.63, 3.8) is 0 Å². The van der Waals surface area contributed by atoms with Crippen LogP contribution in [0, 0.1) is 11.7 Å². The second kappa shape index (κ2) is 13.1. The van der Waals surface area contributed by atoms with Gasteiger partial charge >= 0.3 is 12.2 Å². The number of carbonyl (C=O) groups is 3. The third-order valence-electron chi connectivity index (χ3n) is 5.89. The molecule has 2 atom stereocenters. The molecule has 2 N–H and O–H groups in total. The van der Waals surface area contributed by atoms with Crippen molar-refractivity contribution in [1.29, 1.82) is 0 Å². The number of nitrogens with one attached hydrogen (secondary N) is 2. The Labute approximate surface area is 234 Å². The Morgan fingerprint density at radius 2 is 1.70 bits per heavy atom. The highest BCUT2D eigenvalue weighted by atomic mass is 19.1. The third kappa shape index (κ3) is 10.1. The van der Waals surface area contributed by atoms with E-state index in [0.717, 1.165) is 6.07 Å². The lowest BCUT2D eigenvalue weighted by atomic mass is 9.97. The summed E-state index contributed by atoms with van der Waals surface area (Å²) >= 11 is 0. The summed E-state index contributed by atoms with van der Waals surface area (Å²) in [5.74, 6) is -2.29. The molecule has 0 bridgehead atoms. The number of guanidine groups is 1. The van der Waals surface area contributed by atoms with Gasteiger partial charge in [-0.25, -0.2) is 18.4 Å². The predicted octanol–water partition coefficient (Wildman–Crippen LogP) is 5.97. The van der Waals surface area contributed by atoms with Crippen LogP contribution in [-0.4, -0.2) is 59.3 Å². The normalized spacial score (nSPS) is 15.9. The molecule has 1 aromatic carbocycles. The molecule has 220 valence electrons.